The van der Waals surface area contributed by atoms with E-state index in [4.69, 9.17) is 9.47 Å². The van der Waals surface area contributed by atoms with Crippen LogP contribution in [0.5, 0.6) is 0 Å². The quantitative estimate of drug-likeness (QED) is 0.131. The number of carbonyl (C=O) groups is 4. The molecule has 266 valence electrons. The molecule has 0 aliphatic heterocycles. The minimum absolute atomic E-state index is 0.134. The first-order valence-electron chi connectivity index (χ1n) is 14.9. The Kier molecular flexibility index (Phi) is 14.1. The van der Waals surface area contributed by atoms with Gasteiger partial charge in [-0.05, 0) is 77.6 Å². The monoisotopic (exact) mass is 690 g/mol. The van der Waals surface area contributed by atoms with E-state index in [-0.39, 0.29) is 24.2 Å². The van der Waals surface area contributed by atoms with Gasteiger partial charge < -0.3 is 30.7 Å². The van der Waals surface area contributed by atoms with Gasteiger partial charge in [-0.25, -0.2) is 35.9 Å². The summed E-state index contributed by atoms with van der Waals surface area (Å²) in [6.45, 7) is 9.28. The van der Waals surface area contributed by atoms with Crippen LogP contribution in [0.3, 0.4) is 0 Å². The summed E-state index contributed by atoms with van der Waals surface area (Å²) >= 11 is 0. The van der Waals surface area contributed by atoms with Crippen molar-refractivity contribution in [2.45, 2.75) is 90.5 Å². The Morgan fingerprint density at radius 2 is 0.875 bits per heavy atom. The molecule has 0 aromatic heterocycles. The van der Waals surface area contributed by atoms with E-state index in [1.165, 1.54) is 0 Å². The minimum Gasteiger partial charge on any atom is -0.444 e. The molecular formula is C32H40F6N4O6. The fourth-order valence-corrected chi connectivity index (χ4v) is 4.26. The van der Waals surface area contributed by atoms with Gasteiger partial charge in [0.15, 0.2) is 23.3 Å². The van der Waals surface area contributed by atoms with Crippen molar-refractivity contribution in [3.8, 4) is 0 Å². The van der Waals surface area contributed by atoms with E-state index in [1.54, 1.807) is 41.5 Å². The molecule has 48 heavy (non-hydrogen) atoms. The number of hydrogen-bond acceptors (Lipinski definition) is 6. The van der Waals surface area contributed by atoms with Gasteiger partial charge in [-0.3, -0.25) is 9.59 Å². The number of ether oxygens (including phenoxy) is 2. The lowest BCUT2D eigenvalue weighted by molar-refractivity contribution is -0.123. The van der Waals surface area contributed by atoms with E-state index >= 15 is 0 Å². The summed E-state index contributed by atoms with van der Waals surface area (Å²) < 4.78 is 93.2. The van der Waals surface area contributed by atoms with Gasteiger partial charge in [0.2, 0.25) is 11.8 Å². The van der Waals surface area contributed by atoms with Crippen molar-refractivity contribution in [3.05, 3.63) is 70.3 Å². The van der Waals surface area contributed by atoms with E-state index in [0.717, 1.165) is 0 Å². The number of amides is 4. The zero-order valence-corrected chi connectivity index (χ0v) is 27.4. The van der Waals surface area contributed by atoms with Gasteiger partial charge in [0.05, 0.1) is 0 Å². The Bertz CT molecular complexity index is 1370. The molecule has 0 aliphatic carbocycles. The molecule has 0 aliphatic rings. The molecule has 4 amide bonds. The van der Waals surface area contributed by atoms with Crippen LogP contribution >= 0.6 is 0 Å². The van der Waals surface area contributed by atoms with Crippen molar-refractivity contribution in [1.82, 2.24) is 21.3 Å². The molecule has 2 atom stereocenters. The Balaban J connectivity index is 2.00. The van der Waals surface area contributed by atoms with Gasteiger partial charge in [0.25, 0.3) is 0 Å². The summed E-state index contributed by atoms with van der Waals surface area (Å²) in [5.74, 6) is -8.94. The molecule has 0 bridgehead atoms. The summed E-state index contributed by atoms with van der Waals surface area (Å²) in [5.41, 5.74) is -2.42. The zero-order valence-electron chi connectivity index (χ0n) is 27.4. The normalized spacial score (nSPS) is 12.8. The first kappa shape index (κ1) is 39.7. The third kappa shape index (κ3) is 14.5. The maximum atomic E-state index is 14.3. The zero-order chi connectivity index (χ0) is 36.4. The van der Waals surface area contributed by atoms with E-state index < -0.39 is 108 Å². The van der Waals surface area contributed by atoms with Crippen LogP contribution in [-0.2, 0) is 31.9 Å². The molecule has 0 saturated carbocycles. The number of benzene rings is 2. The third-order valence-electron chi connectivity index (χ3n) is 6.19. The molecule has 2 aromatic carbocycles. The molecule has 10 nitrogen and oxygen atoms in total. The van der Waals surface area contributed by atoms with Crippen molar-refractivity contribution >= 4 is 24.0 Å². The highest BCUT2D eigenvalue weighted by molar-refractivity contribution is 5.79. The molecule has 0 unspecified atom stereocenters. The van der Waals surface area contributed by atoms with E-state index in [9.17, 15) is 45.5 Å². The summed E-state index contributed by atoms with van der Waals surface area (Å²) in [6.07, 6.45) is -3.53. The first-order chi connectivity index (χ1) is 22.1. The molecule has 16 heteroatoms. The highest BCUT2D eigenvalue weighted by Crippen LogP contribution is 2.19. The van der Waals surface area contributed by atoms with Crippen molar-refractivity contribution in [3.63, 3.8) is 0 Å². The van der Waals surface area contributed by atoms with Gasteiger partial charge in [-0.15, -0.1) is 0 Å². The van der Waals surface area contributed by atoms with Gasteiger partial charge in [-0.1, -0.05) is 0 Å². The molecule has 0 saturated heterocycles. The molecule has 4 N–H and O–H groups in total. The van der Waals surface area contributed by atoms with Crippen LogP contribution < -0.4 is 21.3 Å². The molecule has 2 aromatic rings. The highest BCUT2D eigenvalue weighted by Gasteiger charge is 2.25. The molecule has 0 radical (unpaired) electrons. The van der Waals surface area contributed by atoms with Crippen LogP contribution in [0.1, 0.15) is 65.5 Å². The summed E-state index contributed by atoms with van der Waals surface area (Å²) in [7, 11) is 0. The highest BCUT2D eigenvalue weighted by atomic mass is 19.2. The van der Waals surface area contributed by atoms with Crippen LogP contribution in [0.15, 0.2) is 24.3 Å². The molecule has 0 spiro atoms. The topological polar surface area (TPSA) is 135 Å². The largest absolute Gasteiger partial charge is 0.444 e. The van der Waals surface area contributed by atoms with Crippen LogP contribution in [0.2, 0.25) is 0 Å². The Hall–Kier alpha value is -4.50. The number of nitrogens with one attached hydrogen (secondary N) is 4. The lowest BCUT2D eigenvalue weighted by Crippen LogP contribution is -2.45. The standard InChI is InChI=1S/C32H40F6N4O6/c1-31(2,3)47-29(45)41-19(9-17-11-23(35)25(37)15-21(17)33)13-27(43)39-7-8-40-28(44)14-20(42-30(46)48-32(4,5)6)10-18-12-24(36)26(38)16-22(18)34/h11-12,15-16,19-20H,7-10,13-14H2,1-6H3,(H,39,43)(H,40,44)(H,41,45)(H,42,46)/t19-,20+. The van der Waals surface area contributed by atoms with E-state index in [0.29, 0.717) is 24.3 Å². The fraction of sp³-hybridized carbons (Fsp3) is 0.500. The van der Waals surface area contributed by atoms with Crippen LogP contribution in [0, 0.1) is 34.9 Å². The Morgan fingerprint density at radius 1 is 0.562 bits per heavy atom. The maximum absolute atomic E-state index is 14.3. The lowest BCUT2D eigenvalue weighted by Gasteiger charge is -2.24. The van der Waals surface area contributed by atoms with Crippen molar-refractivity contribution in [2.75, 3.05) is 13.1 Å². The smallest absolute Gasteiger partial charge is 0.407 e. The van der Waals surface area contributed by atoms with Gasteiger partial charge in [0, 0.05) is 50.1 Å². The van der Waals surface area contributed by atoms with Gasteiger partial charge >= 0.3 is 12.2 Å². The number of carbonyl (C=O) groups excluding carboxylic acids is 4. The van der Waals surface area contributed by atoms with Gasteiger partial charge in [0.1, 0.15) is 22.8 Å². The SMILES string of the molecule is CC(C)(C)OC(=O)N[C@H](CC(=O)NCCNC(=O)C[C@@H](Cc1cc(F)c(F)cc1F)NC(=O)OC(C)(C)C)Cc1cc(F)c(F)cc1F. The molecule has 2 rings (SSSR count). The second kappa shape index (κ2) is 17.1. The van der Waals surface area contributed by atoms with E-state index in [2.05, 4.69) is 21.3 Å². The summed E-state index contributed by atoms with van der Waals surface area (Å²) in [4.78, 5) is 50.0. The van der Waals surface area contributed by atoms with Crippen LogP contribution in [0.25, 0.3) is 0 Å². The number of rotatable bonds is 13. The van der Waals surface area contributed by atoms with E-state index in [1.807, 2.05) is 0 Å². The maximum Gasteiger partial charge on any atom is 0.407 e. The molecule has 0 heterocycles. The summed E-state index contributed by atoms with van der Waals surface area (Å²) in [5, 5.41) is 9.81. The lowest BCUT2D eigenvalue weighted by atomic mass is 10.0. The van der Waals surface area contributed by atoms with Crippen LogP contribution in [-0.4, -0.2) is 60.4 Å². The fourth-order valence-electron chi connectivity index (χ4n) is 4.26. The third-order valence-corrected chi connectivity index (χ3v) is 6.19. The average molecular weight is 691 g/mol. The number of alkyl carbamates (subject to hydrolysis) is 2. The van der Waals surface area contributed by atoms with Crippen molar-refractivity contribution in [1.29, 1.82) is 0 Å². The average Bonchev–Trinajstić information content (AvgIpc) is 2.90. The van der Waals surface area contributed by atoms with Crippen molar-refractivity contribution in [2.24, 2.45) is 0 Å². The number of halogens is 6. The predicted molar refractivity (Wildman–Crippen MR) is 162 cm³/mol. The van der Waals surface area contributed by atoms with Crippen LogP contribution in [0.4, 0.5) is 35.9 Å². The van der Waals surface area contributed by atoms with Gasteiger partial charge in [-0.2, -0.15) is 0 Å². The Labute approximate surface area is 274 Å². The minimum atomic E-state index is -1.41. The summed E-state index contributed by atoms with van der Waals surface area (Å²) in [6, 6.07) is -0.281. The van der Waals surface area contributed by atoms with Crippen molar-refractivity contribution < 1.29 is 55.0 Å². The number of hydrogen-bond donors (Lipinski definition) is 4. The molecular weight excluding hydrogens is 650 g/mol. The second-order valence-corrected chi connectivity index (χ2v) is 12.9. The second-order valence-electron chi connectivity index (χ2n) is 12.9. The first-order valence-corrected chi connectivity index (χ1v) is 14.9. The molecule has 0 fully saturated rings. The predicted octanol–water partition coefficient (Wildman–Crippen LogP) is 5.11. The Morgan fingerprint density at radius 3 is 1.19 bits per heavy atom.